The summed E-state index contributed by atoms with van der Waals surface area (Å²) in [5, 5.41) is 0. The molecule has 0 saturated carbocycles. The maximum absolute atomic E-state index is 13.0. The number of benzene rings is 1. The zero-order valence-corrected chi connectivity index (χ0v) is 13.3. The highest BCUT2D eigenvalue weighted by atomic mass is 19.1. The summed E-state index contributed by atoms with van der Waals surface area (Å²) in [6.07, 6.45) is 5.15. The largest absolute Gasteiger partial charge is 0.377 e. The summed E-state index contributed by atoms with van der Waals surface area (Å²) < 4.78 is 18.9. The Hall–Kier alpha value is -2.27. The molecule has 2 fully saturated rings. The van der Waals surface area contributed by atoms with Crippen LogP contribution in [-0.4, -0.2) is 41.6 Å². The van der Waals surface area contributed by atoms with Gasteiger partial charge in [0.1, 0.15) is 5.82 Å². The van der Waals surface area contributed by atoms with Gasteiger partial charge in [-0.2, -0.15) is 0 Å². The standard InChI is InChI=1S/C19H19FN2O2/c20-16-5-3-14(4-6-16)8-17-9-19(13-24-17)11-22(12-19)18(23)15-2-1-7-21-10-15/h1-7,10,17H,8-9,11-13H2/t17-/m1/s1. The highest BCUT2D eigenvalue weighted by molar-refractivity contribution is 5.94. The Bertz CT molecular complexity index is 727. The Balaban J connectivity index is 1.33. The summed E-state index contributed by atoms with van der Waals surface area (Å²) in [6, 6.07) is 10.2. The SMILES string of the molecule is O=C(c1cccnc1)N1CC2(CO[C@H](Cc3ccc(F)cc3)C2)C1. The van der Waals surface area contributed by atoms with Crippen LogP contribution in [0.5, 0.6) is 0 Å². The molecular weight excluding hydrogens is 307 g/mol. The average Bonchev–Trinajstić information content (AvgIpc) is 3.00. The van der Waals surface area contributed by atoms with Gasteiger partial charge in [0.2, 0.25) is 0 Å². The molecule has 2 aliphatic heterocycles. The normalized spacial score (nSPS) is 21.7. The summed E-state index contributed by atoms with van der Waals surface area (Å²) >= 11 is 0. The van der Waals surface area contributed by atoms with Gasteiger partial charge in [0.25, 0.3) is 5.91 Å². The van der Waals surface area contributed by atoms with E-state index in [9.17, 15) is 9.18 Å². The molecule has 1 atom stereocenters. The van der Waals surface area contributed by atoms with Crippen molar-refractivity contribution in [3.63, 3.8) is 0 Å². The van der Waals surface area contributed by atoms with Crippen LogP contribution in [0, 0.1) is 11.2 Å². The van der Waals surface area contributed by atoms with Crippen LogP contribution in [0.1, 0.15) is 22.3 Å². The number of aromatic nitrogens is 1. The highest BCUT2D eigenvalue weighted by Gasteiger charge is 2.50. The van der Waals surface area contributed by atoms with Crippen LogP contribution in [-0.2, 0) is 11.2 Å². The lowest BCUT2D eigenvalue weighted by Crippen LogP contribution is -2.59. The first-order valence-electron chi connectivity index (χ1n) is 8.19. The van der Waals surface area contributed by atoms with Crippen LogP contribution < -0.4 is 0 Å². The number of halogens is 1. The van der Waals surface area contributed by atoms with Gasteiger partial charge in [0, 0.05) is 30.9 Å². The van der Waals surface area contributed by atoms with Gasteiger partial charge in [-0.15, -0.1) is 0 Å². The van der Waals surface area contributed by atoms with Gasteiger partial charge in [0.15, 0.2) is 0 Å². The average molecular weight is 326 g/mol. The molecule has 124 valence electrons. The summed E-state index contributed by atoms with van der Waals surface area (Å²) in [6.45, 7) is 2.16. The molecule has 0 bridgehead atoms. The van der Waals surface area contributed by atoms with Crippen molar-refractivity contribution in [1.29, 1.82) is 0 Å². The lowest BCUT2D eigenvalue weighted by Gasteiger charge is -2.47. The highest BCUT2D eigenvalue weighted by Crippen LogP contribution is 2.42. The van der Waals surface area contributed by atoms with E-state index >= 15 is 0 Å². The van der Waals surface area contributed by atoms with Crippen LogP contribution in [0.25, 0.3) is 0 Å². The Morgan fingerprint density at radius 3 is 2.79 bits per heavy atom. The number of pyridine rings is 1. The molecule has 0 radical (unpaired) electrons. The van der Waals surface area contributed by atoms with Crippen molar-refractivity contribution in [2.75, 3.05) is 19.7 Å². The van der Waals surface area contributed by atoms with Gasteiger partial charge in [0.05, 0.1) is 18.3 Å². The third kappa shape index (κ3) is 2.91. The Kier molecular flexibility index (Phi) is 3.81. The molecule has 0 aliphatic carbocycles. The molecule has 2 aromatic rings. The predicted octanol–water partition coefficient (Wildman–Crippen LogP) is 2.69. The Labute approximate surface area is 140 Å². The number of likely N-dealkylation sites (tertiary alicyclic amines) is 1. The van der Waals surface area contributed by atoms with Gasteiger partial charge in [-0.1, -0.05) is 12.1 Å². The first kappa shape index (κ1) is 15.3. The predicted molar refractivity (Wildman–Crippen MR) is 87.0 cm³/mol. The third-order valence-corrected chi connectivity index (χ3v) is 4.91. The smallest absolute Gasteiger partial charge is 0.255 e. The summed E-state index contributed by atoms with van der Waals surface area (Å²) in [5.74, 6) is -0.179. The number of carbonyl (C=O) groups is 1. The second kappa shape index (κ2) is 5.98. The molecule has 1 spiro atoms. The molecule has 0 N–H and O–H groups in total. The van der Waals surface area contributed by atoms with Crippen LogP contribution in [0.15, 0.2) is 48.8 Å². The zero-order valence-electron chi connectivity index (χ0n) is 13.3. The zero-order chi connectivity index (χ0) is 16.6. The van der Waals surface area contributed by atoms with E-state index in [0.29, 0.717) is 12.2 Å². The van der Waals surface area contributed by atoms with E-state index in [1.54, 1.807) is 24.5 Å². The number of hydrogen-bond donors (Lipinski definition) is 0. The minimum atomic E-state index is -0.217. The van der Waals surface area contributed by atoms with Crippen molar-refractivity contribution in [3.8, 4) is 0 Å². The fraction of sp³-hybridized carbons (Fsp3) is 0.368. The van der Waals surface area contributed by atoms with Crippen LogP contribution in [0.4, 0.5) is 4.39 Å². The molecule has 5 heteroatoms. The minimum absolute atomic E-state index is 0.0377. The van der Waals surface area contributed by atoms with Gasteiger partial charge in [-0.25, -0.2) is 4.39 Å². The monoisotopic (exact) mass is 326 g/mol. The molecular formula is C19H19FN2O2. The lowest BCUT2D eigenvalue weighted by atomic mass is 9.77. The van der Waals surface area contributed by atoms with Crippen molar-refractivity contribution >= 4 is 5.91 Å². The molecule has 4 rings (SSSR count). The molecule has 0 unspecified atom stereocenters. The van der Waals surface area contributed by atoms with Crippen molar-refractivity contribution < 1.29 is 13.9 Å². The number of amides is 1. The Morgan fingerprint density at radius 2 is 2.08 bits per heavy atom. The van der Waals surface area contributed by atoms with Crippen molar-refractivity contribution in [3.05, 3.63) is 65.7 Å². The van der Waals surface area contributed by atoms with E-state index in [-0.39, 0.29) is 23.2 Å². The van der Waals surface area contributed by atoms with E-state index in [2.05, 4.69) is 4.98 Å². The molecule has 4 nitrogen and oxygen atoms in total. The number of hydrogen-bond acceptors (Lipinski definition) is 3. The van der Waals surface area contributed by atoms with Crippen LogP contribution in [0.3, 0.4) is 0 Å². The van der Waals surface area contributed by atoms with Crippen molar-refractivity contribution in [2.24, 2.45) is 5.41 Å². The maximum atomic E-state index is 13.0. The fourth-order valence-corrected chi connectivity index (χ4v) is 3.71. The first-order valence-corrected chi connectivity index (χ1v) is 8.19. The molecule has 3 heterocycles. The molecule has 1 amide bonds. The number of ether oxygens (including phenoxy) is 1. The molecule has 24 heavy (non-hydrogen) atoms. The van der Waals surface area contributed by atoms with Crippen LogP contribution in [0.2, 0.25) is 0 Å². The van der Waals surface area contributed by atoms with Gasteiger partial charge >= 0.3 is 0 Å². The van der Waals surface area contributed by atoms with E-state index in [0.717, 1.165) is 31.5 Å². The van der Waals surface area contributed by atoms with Gasteiger partial charge in [-0.05, 0) is 42.7 Å². The molecule has 1 aromatic heterocycles. The quantitative estimate of drug-likeness (QED) is 0.871. The van der Waals surface area contributed by atoms with Crippen molar-refractivity contribution in [2.45, 2.75) is 18.9 Å². The van der Waals surface area contributed by atoms with E-state index in [4.69, 9.17) is 4.74 Å². The first-order chi connectivity index (χ1) is 11.6. The number of rotatable bonds is 3. The van der Waals surface area contributed by atoms with Crippen LogP contribution >= 0.6 is 0 Å². The number of nitrogens with zero attached hydrogens (tertiary/aromatic N) is 2. The van der Waals surface area contributed by atoms with Gasteiger partial charge in [-0.3, -0.25) is 9.78 Å². The minimum Gasteiger partial charge on any atom is -0.377 e. The fourth-order valence-electron chi connectivity index (χ4n) is 3.71. The van der Waals surface area contributed by atoms with E-state index in [1.165, 1.54) is 12.1 Å². The molecule has 2 aliphatic rings. The maximum Gasteiger partial charge on any atom is 0.255 e. The summed E-state index contributed by atoms with van der Waals surface area (Å²) in [5.41, 5.74) is 1.80. The van der Waals surface area contributed by atoms with Crippen molar-refractivity contribution in [1.82, 2.24) is 9.88 Å². The summed E-state index contributed by atoms with van der Waals surface area (Å²) in [7, 11) is 0. The second-order valence-corrected chi connectivity index (χ2v) is 6.87. The van der Waals surface area contributed by atoms with E-state index < -0.39 is 0 Å². The van der Waals surface area contributed by atoms with Gasteiger partial charge < -0.3 is 9.64 Å². The van der Waals surface area contributed by atoms with E-state index in [1.807, 2.05) is 17.0 Å². The molecule has 2 saturated heterocycles. The molecule has 1 aromatic carbocycles. The summed E-state index contributed by atoms with van der Waals surface area (Å²) in [4.78, 5) is 18.2. The Morgan fingerprint density at radius 1 is 1.29 bits per heavy atom. The second-order valence-electron chi connectivity index (χ2n) is 6.87. The number of carbonyl (C=O) groups excluding carboxylic acids is 1. The lowest BCUT2D eigenvalue weighted by molar-refractivity contribution is -0.00136. The third-order valence-electron chi connectivity index (χ3n) is 4.91. The topological polar surface area (TPSA) is 42.4 Å².